The average Bonchev–Trinajstić information content (AvgIpc) is 2.73. The van der Waals surface area contributed by atoms with E-state index < -0.39 is 11.9 Å². The van der Waals surface area contributed by atoms with Gasteiger partial charge < -0.3 is 14.2 Å². The minimum atomic E-state index is -0.442. The van der Waals surface area contributed by atoms with Crippen LogP contribution in [-0.2, 0) is 16.0 Å². The van der Waals surface area contributed by atoms with Gasteiger partial charge in [-0.15, -0.1) is 0 Å². The molecule has 2 aromatic carbocycles. The van der Waals surface area contributed by atoms with E-state index in [1.165, 1.54) is 0 Å². The molecular formula is C28H36O5. The van der Waals surface area contributed by atoms with Crippen LogP contribution < -0.4 is 14.2 Å². The third kappa shape index (κ3) is 5.58. The lowest BCUT2D eigenvalue weighted by Crippen LogP contribution is -2.33. The van der Waals surface area contributed by atoms with Crippen molar-refractivity contribution in [3.8, 4) is 17.2 Å². The first-order chi connectivity index (χ1) is 15.4. The van der Waals surface area contributed by atoms with Crippen LogP contribution in [0, 0.1) is 27.7 Å². The number of hydrogen-bond donors (Lipinski definition) is 0. The number of ether oxygens (including phenoxy) is 3. The molecule has 0 saturated carbocycles. The van der Waals surface area contributed by atoms with Crippen molar-refractivity contribution in [3.63, 3.8) is 0 Å². The van der Waals surface area contributed by atoms with Gasteiger partial charge in [-0.2, -0.15) is 0 Å². The summed E-state index contributed by atoms with van der Waals surface area (Å²) in [4.78, 5) is 25.1. The number of fused-ring (bicyclic) bond motifs is 1. The topological polar surface area (TPSA) is 61.8 Å². The molecule has 0 fully saturated rings. The first-order valence-corrected chi connectivity index (χ1v) is 11.7. The molecule has 3 rings (SSSR count). The van der Waals surface area contributed by atoms with Gasteiger partial charge in [-0.3, -0.25) is 9.59 Å². The molecule has 5 heteroatoms. The van der Waals surface area contributed by atoms with Crippen LogP contribution in [0.4, 0.5) is 0 Å². The lowest BCUT2D eigenvalue weighted by atomic mass is 9.88. The highest BCUT2D eigenvalue weighted by molar-refractivity contribution is 5.81. The Kier molecular flexibility index (Phi) is 7.20. The fourth-order valence-electron chi connectivity index (χ4n) is 4.25. The summed E-state index contributed by atoms with van der Waals surface area (Å²) < 4.78 is 17.6. The molecule has 2 aromatic rings. The van der Waals surface area contributed by atoms with Crippen LogP contribution in [-0.4, -0.2) is 17.5 Å². The summed E-state index contributed by atoms with van der Waals surface area (Å²) in [6, 6.07) is 5.84. The van der Waals surface area contributed by atoms with E-state index in [0.717, 1.165) is 52.0 Å². The van der Waals surface area contributed by atoms with Crippen molar-refractivity contribution in [2.45, 2.75) is 92.6 Å². The quantitative estimate of drug-likeness (QED) is 0.373. The van der Waals surface area contributed by atoms with E-state index in [2.05, 4.69) is 27.7 Å². The molecule has 1 aliphatic heterocycles. The van der Waals surface area contributed by atoms with Gasteiger partial charge in [0.05, 0.1) is 12.8 Å². The molecule has 0 N–H and O–H groups in total. The smallest absolute Gasteiger partial charge is 0.311 e. The number of benzene rings is 2. The van der Waals surface area contributed by atoms with E-state index in [1.807, 2.05) is 45.9 Å². The zero-order chi connectivity index (χ0) is 24.5. The molecule has 0 bridgehead atoms. The molecule has 1 aliphatic rings. The van der Waals surface area contributed by atoms with Crippen LogP contribution in [0.5, 0.6) is 17.2 Å². The van der Waals surface area contributed by atoms with Crippen molar-refractivity contribution in [1.82, 2.24) is 0 Å². The fourth-order valence-corrected chi connectivity index (χ4v) is 4.25. The van der Waals surface area contributed by atoms with Crippen LogP contribution in [0.2, 0.25) is 0 Å². The van der Waals surface area contributed by atoms with Gasteiger partial charge in [-0.1, -0.05) is 26.0 Å². The number of hydrogen-bond acceptors (Lipinski definition) is 5. The molecular weight excluding hydrogens is 416 g/mol. The molecule has 178 valence electrons. The van der Waals surface area contributed by atoms with Gasteiger partial charge in [0.15, 0.2) is 0 Å². The highest BCUT2D eigenvalue weighted by atomic mass is 16.5. The van der Waals surface area contributed by atoms with Gasteiger partial charge in [0, 0.05) is 5.56 Å². The van der Waals surface area contributed by atoms with Gasteiger partial charge in [-0.05, 0) is 94.2 Å². The molecule has 33 heavy (non-hydrogen) atoms. The molecule has 1 heterocycles. The molecule has 0 aromatic heterocycles. The van der Waals surface area contributed by atoms with Crippen molar-refractivity contribution in [2.75, 3.05) is 0 Å². The van der Waals surface area contributed by atoms with E-state index >= 15 is 0 Å². The molecule has 0 amide bonds. The van der Waals surface area contributed by atoms with Crippen molar-refractivity contribution in [1.29, 1.82) is 0 Å². The first kappa shape index (κ1) is 24.8. The summed E-state index contributed by atoms with van der Waals surface area (Å²) in [7, 11) is 0. The minimum Gasteiger partial charge on any atom is -0.487 e. The molecule has 0 spiro atoms. The van der Waals surface area contributed by atoms with E-state index in [-0.39, 0.29) is 24.4 Å². The Morgan fingerprint density at radius 2 is 1.61 bits per heavy atom. The lowest BCUT2D eigenvalue weighted by Gasteiger charge is -2.35. The zero-order valence-electron chi connectivity index (χ0n) is 21.2. The monoisotopic (exact) mass is 452 g/mol. The second kappa shape index (κ2) is 9.58. The summed E-state index contributed by atoms with van der Waals surface area (Å²) in [5.74, 6) is 1.39. The maximum atomic E-state index is 12.6. The standard InChI is InChI=1S/C28H36O5/c1-16(2)21-10-9-17(3)15-23(21)31-24(29)11-12-25(30)32-26-18(4)19(5)27-22(20(26)6)13-14-28(7,8)33-27/h9-10,15-16H,11-14H2,1-8H3. The van der Waals surface area contributed by atoms with Crippen LogP contribution in [0.15, 0.2) is 18.2 Å². The normalized spacial score (nSPS) is 14.5. The molecule has 0 unspecified atom stereocenters. The number of carbonyl (C=O) groups is 2. The highest BCUT2D eigenvalue weighted by Gasteiger charge is 2.31. The summed E-state index contributed by atoms with van der Waals surface area (Å²) in [6.45, 7) is 16.1. The maximum absolute atomic E-state index is 12.6. The predicted molar refractivity (Wildman–Crippen MR) is 129 cm³/mol. The summed E-state index contributed by atoms with van der Waals surface area (Å²) in [6.07, 6.45) is 1.70. The minimum absolute atomic E-state index is 0.0381. The van der Waals surface area contributed by atoms with E-state index in [1.54, 1.807) is 0 Å². The second-order valence-electron chi connectivity index (χ2n) is 10.0. The van der Waals surface area contributed by atoms with Crippen molar-refractivity contribution >= 4 is 11.9 Å². The number of esters is 2. The van der Waals surface area contributed by atoms with Crippen molar-refractivity contribution in [3.05, 3.63) is 51.6 Å². The number of aryl methyl sites for hydroxylation is 1. The van der Waals surface area contributed by atoms with Gasteiger partial charge in [0.25, 0.3) is 0 Å². The van der Waals surface area contributed by atoms with Crippen LogP contribution in [0.1, 0.15) is 86.3 Å². The molecule has 5 nitrogen and oxygen atoms in total. The Morgan fingerprint density at radius 1 is 0.970 bits per heavy atom. The van der Waals surface area contributed by atoms with Crippen LogP contribution in [0.3, 0.4) is 0 Å². The SMILES string of the molecule is Cc1ccc(C(C)C)c(OC(=O)CCC(=O)Oc2c(C)c(C)c3c(c2C)CCC(C)(C)O3)c1. The third-order valence-electron chi connectivity index (χ3n) is 6.43. The van der Waals surface area contributed by atoms with Crippen molar-refractivity contribution < 1.29 is 23.8 Å². The second-order valence-corrected chi connectivity index (χ2v) is 10.0. The Labute approximate surface area is 197 Å². The Balaban J connectivity index is 1.68. The lowest BCUT2D eigenvalue weighted by molar-refractivity contribution is -0.140. The predicted octanol–water partition coefficient (Wildman–Crippen LogP) is 6.44. The molecule has 0 atom stereocenters. The zero-order valence-corrected chi connectivity index (χ0v) is 21.2. The van der Waals surface area contributed by atoms with E-state index in [0.29, 0.717) is 11.5 Å². The molecule has 0 aliphatic carbocycles. The summed E-state index contributed by atoms with van der Waals surface area (Å²) in [5, 5.41) is 0. The highest BCUT2D eigenvalue weighted by Crippen LogP contribution is 2.43. The summed E-state index contributed by atoms with van der Waals surface area (Å²) >= 11 is 0. The van der Waals surface area contributed by atoms with Crippen LogP contribution >= 0.6 is 0 Å². The van der Waals surface area contributed by atoms with Crippen molar-refractivity contribution in [2.24, 2.45) is 0 Å². The van der Waals surface area contributed by atoms with E-state index in [9.17, 15) is 9.59 Å². The molecule has 0 radical (unpaired) electrons. The summed E-state index contributed by atoms with van der Waals surface area (Å²) in [5.41, 5.74) is 5.69. The maximum Gasteiger partial charge on any atom is 0.311 e. The number of rotatable bonds is 6. The fraction of sp³-hybridized carbons (Fsp3) is 0.500. The number of carbonyl (C=O) groups excluding carboxylic acids is 2. The first-order valence-electron chi connectivity index (χ1n) is 11.7. The Hall–Kier alpha value is -2.82. The largest absolute Gasteiger partial charge is 0.487 e. The Bertz CT molecular complexity index is 1080. The Morgan fingerprint density at radius 3 is 2.24 bits per heavy atom. The van der Waals surface area contributed by atoms with Crippen LogP contribution in [0.25, 0.3) is 0 Å². The van der Waals surface area contributed by atoms with Gasteiger partial charge in [0.2, 0.25) is 0 Å². The van der Waals surface area contributed by atoms with Gasteiger partial charge >= 0.3 is 11.9 Å². The van der Waals surface area contributed by atoms with Gasteiger partial charge in [0.1, 0.15) is 22.8 Å². The average molecular weight is 453 g/mol. The third-order valence-corrected chi connectivity index (χ3v) is 6.43. The van der Waals surface area contributed by atoms with Gasteiger partial charge in [-0.25, -0.2) is 0 Å². The van der Waals surface area contributed by atoms with E-state index in [4.69, 9.17) is 14.2 Å². The molecule has 0 saturated heterocycles.